The Labute approximate surface area is 110 Å². The van der Waals surface area contributed by atoms with Crippen LogP contribution in [0.5, 0.6) is 0 Å². The lowest BCUT2D eigenvalue weighted by molar-refractivity contribution is 0.837. The monoisotopic (exact) mass is 236 g/mol. The van der Waals surface area contributed by atoms with Crippen LogP contribution in [0, 0.1) is 13.8 Å². The Bertz CT molecular complexity index is 525. The number of hydrogen-bond acceptors (Lipinski definition) is 0. The first-order valence-electron chi connectivity index (χ1n) is 6.89. The van der Waals surface area contributed by atoms with E-state index in [-0.39, 0.29) is 0 Å². The quantitative estimate of drug-likeness (QED) is 0.643. The average molecular weight is 236 g/mol. The molecule has 1 aliphatic rings. The molecule has 0 N–H and O–H groups in total. The molecular weight excluding hydrogens is 216 g/mol. The highest BCUT2D eigenvalue weighted by Gasteiger charge is 2.11. The Balaban J connectivity index is 1.97. The van der Waals surface area contributed by atoms with E-state index in [2.05, 4.69) is 50.2 Å². The molecule has 1 aliphatic carbocycles. The van der Waals surface area contributed by atoms with Gasteiger partial charge in [0.15, 0.2) is 0 Å². The first-order chi connectivity index (χ1) is 8.72. The van der Waals surface area contributed by atoms with E-state index < -0.39 is 0 Å². The summed E-state index contributed by atoms with van der Waals surface area (Å²) in [7, 11) is 0. The Hall–Kier alpha value is -1.56. The highest BCUT2D eigenvalue weighted by Crippen LogP contribution is 2.23. The van der Waals surface area contributed by atoms with E-state index in [1.807, 2.05) is 0 Å². The summed E-state index contributed by atoms with van der Waals surface area (Å²) in [5.74, 6) is 0. The first kappa shape index (κ1) is 11.5. The summed E-state index contributed by atoms with van der Waals surface area (Å²) >= 11 is 0. The van der Waals surface area contributed by atoms with Crippen molar-refractivity contribution in [3.63, 3.8) is 0 Å². The largest absolute Gasteiger partial charge is 0.0590 e. The van der Waals surface area contributed by atoms with Crippen molar-refractivity contribution < 1.29 is 0 Å². The molecule has 0 amide bonds. The van der Waals surface area contributed by atoms with Crippen LogP contribution in [0.25, 0.3) is 0 Å². The minimum Gasteiger partial charge on any atom is -0.0590 e. The van der Waals surface area contributed by atoms with Crippen molar-refractivity contribution in [2.45, 2.75) is 39.5 Å². The lowest BCUT2D eigenvalue weighted by atomic mass is 9.88. The number of rotatable bonds is 0. The van der Waals surface area contributed by atoms with Gasteiger partial charge in [0.05, 0.1) is 0 Å². The molecule has 0 unspecified atom stereocenters. The zero-order valence-corrected chi connectivity index (χ0v) is 11.3. The van der Waals surface area contributed by atoms with E-state index in [1.165, 1.54) is 36.8 Å². The second-order valence-electron chi connectivity index (χ2n) is 5.54. The minimum atomic E-state index is 1.19. The van der Waals surface area contributed by atoms with Gasteiger partial charge in [0.1, 0.15) is 0 Å². The van der Waals surface area contributed by atoms with Gasteiger partial charge in [-0.2, -0.15) is 0 Å². The van der Waals surface area contributed by atoms with Crippen LogP contribution < -0.4 is 0 Å². The van der Waals surface area contributed by atoms with Crippen LogP contribution in [-0.2, 0) is 25.7 Å². The Morgan fingerprint density at radius 2 is 0.944 bits per heavy atom. The third kappa shape index (κ3) is 2.20. The van der Waals surface area contributed by atoms with Crippen molar-refractivity contribution in [1.82, 2.24) is 0 Å². The lowest BCUT2D eigenvalue weighted by Crippen LogP contribution is -2.07. The average Bonchev–Trinajstić information content (AvgIpc) is 2.34. The maximum absolute atomic E-state index is 2.37. The molecule has 0 fully saturated rings. The molecule has 2 aromatic carbocycles. The fourth-order valence-electron chi connectivity index (χ4n) is 3.00. The molecule has 18 heavy (non-hydrogen) atoms. The number of fused-ring (bicyclic) bond motifs is 2. The molecule has 0 nitrogen and oxygen atoms in total. The van der Waals surface area contributed by atoms with Gasteiger partial charge < -0.3 is 0 Å². The predicted octanol–water partition coefficient (Wildman–Crippen LogP) is 4.19. The molecule has 0 spiro atoms. The van der Waals surface area contributed by atoms with Gasteiger partial charge in [-0.1, -0.05) is 47.5 Å². The molecule has 3 rings (SSSR count). The maximum atomic E-state index is 2.37. The minimum absolute atomic E-state index is 1.19. The molecule has 0 aliphatic heterocycles. The van der Waals surface area contributed by atoms with Gasteiger partial charge in [-0.15, -0.1) is 0 Å². The van der Waals surface area contributed by atoms with Crippen LogP contribution in [0.4, 0.5) is 0 Å². The van der Waals surface area contributed by atoms with Crippen LogP contribution in [0.2, 0.25) is 0 Å². The van der Waals surface area contributed by atoms with Crippen LogP contribution in [-0.4, -0.2) is 0 Å². The normalized spacial score (nSPS) is 14.3. The van der Waals surface area contributed by atoms with Gasteiger partial charge in [-0.25, -0.2) is 0 Å². The van der Waals surface area contributed by atoms with E-state index in [0.717, 1.165) is 0 Å². The molecule has 0 aromatic heterocycles. The Morgan fingerprint density at radius 1 is 0.556 bits per heavy atom. The number of benzene rings is 2. The molecule has 0 radical (unpaired) electrons. The highest BCUT2D eigenvalue weighted by atomic mass is 14.2. The maximum Gasteiger partial charge on any atom is -0.0235 e. The Kier molecular flexibility index (Phi) is 2.95. The third-order valence-corrected chi connectivity index (χ3v) is 4.05. The van der Waals surface area contributed by atoms with Crippen LogP contribution in [0.15, 0.2) is 36.4 Å². The summed E-state index contributed by atoms with van der Waals surface area (Å²) in [6, 6.07) is 13.9. The zero-order chi connectivity index (χ0) is 12.5. The van der Waals surface area contributed by atoms with Gasteiger partial charge in [0, 0.05) is 0 Å². The van der Waals surface area contributed by atoms with Gasteiger partial charge in [-0.05, 0) is 61.8 Å². The van der Waals surface area contributed by atoms with E-state index >= 15 is 0 Å². The molecule has 0 heterocycles. The van der Waals surface area contributed by atoms with Crippen molar-refractivity contribution >= 4 is 0 Å². The van der Waals surface area contributed by atoms with Gasteiger partial charge in [0.25, 0.3) is 0 Å². The summed E-state index contributed by atoms with van der Waals surface area (Å²) in [4.78, 5) is 0. The van der Waals surface area contributed by atoms with E-state index in [1.54, 1.807) is 22.3 Å². The molecule has 0 saturated carbocycles. The Morgan fingerprint density at radius 3 is 1.39 bits per heavy atom. The fraction of sp³-hybridized carbons (Fsp3) is 0.333. The zero-order valence-electron chi connectivity index (χ0n) is 11.3. The van der Waals surface area contributed by atoms with Crippen molar-refractivity contribution in [3.8, 4) is 0 Å². The summed E-state index contributed by atoms with van der Waals surface area (Å²) in [5, 5.41) is 0. The highest BCUT2D eigenvalue weighted by molar-refractivity contribution is 5.38. The molecule has 0 saturated heterocycles. The second-order valence-corrected chi connectivity index (χ2v) is 5.54. The van der Waals surface area contributed by atoms with Gasteiger partial charge in [-0.3, -0.25) is 0 Å². The summed E-state index contributed by atoms with van der Waals surface area (Å²) < 4.78 is 0. The van der Waals surface area contributed by atoms with Gasteiger partial charge >= 0.3 is 0 Å². The summed E-state index contributed by atoms with van der Waals surface area (Å²) in [5.41, 5.74) is 8.99. The van der Waals surface area contributed by atoms with E-state index in [0.29, 0.717) is 0 Å². The molecule has 2 aromatic rings. The van der Waals surface area contributed by atoms with Gasteiger partial charge in [0.2, 0.25) is 0 Å². The third-order valence-electron chi connectivity index (χ3n) is 4.05. The molecule has 0 bridgehead atoms. The summed E-state index contributed by atoms with van der Waals surface area (Å²) in [6.07, 6.45) is 4.75. The van der Waals surface area contributed by atoms with Crippen LogP contribution in [0.3, 0.4) is 0 Å². The smallest absolute Gasteiger partial charge is 0.0235 e. The first-order valence-corrected chi connectivity index (χ1v) is 6.89. The van der Waals surface area contributed by atoms with E-state index in [4.69, 9.17) is 0 Å². The molecule has 92 valence electrons. The fourth-order valence-corrected chi connectivity index (χ4v) is 3.00. The standard InChI is InChI=1S/C18H20/c1-13-3-5-15-7-8-16-6-4-14(2)12-18(16)10-9-17(15)11-13/h3-6,11-12H,7-10H2,1-2H3. The van der Waals surface area contributed by atoms with E-state index in [9.17, 15) is 0 Å². The molecule has 0 atom stereocenters. The number of hydrogen-bond donors (Lipinski definition) is 0. The topological polar surface area (TPSA) is 0 Å². The number of aryl methyl sites for hydroxylation is 6. The molecular formula is C18H20. The van der Waals surface area contributed by atoms with Crippen molar-refractivity contribution in [3.05, 3.63) is 69.8 Å². The lowest BCUT2D eigenvalue weighted by Gasteiger charge is -2.18. The van der Waals surface area contributed by atoms with Crippen molar-refractivity contribution in [2.24, 2.45) is 0 Å². The summed E-state index contributed by atoms with van der Waals surface area (Å²) in [6.45, 7) is 4.38. The van der Waals surface area contributed by atoms with Crippen molar-refractivity contribution in [1.29, 1.82) is 0 Å². The SMILES string of the molecule is Cc1ccc2c(c1)CCc1cc(C)ccc1CC2. The van der Waals surface area contributed by atoms with Crippen molar-refractivity contribution in [2.75, 3.05) is 0 Å². The second kappa shape index (κ2) is 4.61. The molecule has 0 heteroatoms. The van der Waals surface area contributed by atoms with Crippen LogP contribution in [0.1, 0.15) is 33.4 Å². The predicted molar refractivity (Wildman–Crippen MR) is 77.2 cm³/mol. The van der Waals surface area contributed by atoms with Crippen LogP contribution >= 0.6 is 0 Å².